The Hall–Kier alpha value is -4.42. The molecule has 1 aliphatic rings. The van der Waals surface area contributed by atoms with Crippen molar-refractivity contribution in [3.63, 3.8) is 0 Å². The number of aliphatic imine (C=N–C) groups is 1. The first-order valence-electron chi connectivity index (χ1n) is 12.9. The molecule has 4 aromatic rings. The fourth-order valence-corrected chi connectivity index (χ4v) is 5.52. The highest BCUT2D eigenvalue weighted by molar-refractivity contribution is 7.09. The van der Waals surface area contributed by atoms with Crippen LogP contribution in [0.15, 0.2) is 77.7 Å². The second kappa shape index (κ2) is 11.1. The third-order valence-electron chi connectivity index (χ3n) is 6.92. The third-order valence-corrected chi connectivity index (χ3v) is 7.77. The monoisotopic (exact) mass is 537 g/mol. The van der Waals surface area contributed by atoms with Crippen molar-refractivity contribution in [1.82, 2.24) is 19.1 Å². The van der Waals surface area contributed by atoms with Gasteiger partial charge in [-0.05, 0) is 85.8 Å². The van der Waals surface area contributed by atoms with E-state index in [2.05, 4.69) is 46.3 Å². The summed E-state index contributed by atoms with van der Waals surface area (Å²) in [7, 11) is 0. The number of fused-ring (bicyclic) bond motifs is 1. The van der Waals surface area contributed by atoms with Crippen molar-refractivity contribution >= 4 is 34.4 Å². The molecule has 0 aliphatic carbocycles. The Labute approximate surface area is 231 Å². The van der Waals surface area contributed by atoms with Crippen molar-refractivity contribution in [2.24, 2.45) is 4.99 Å². The maximum atomic E-state index is 13.7. The highest BCUT2D eigenvalue weighted by Crippen LogP contribution is 2.40. The largest absolute Gasteiger partial charge is 0.314 e. The summed E-state index contributed by atoms with van der Waals surface area (Å²) in [5.41, 5.74) is 6.07. The molecule has 0 amide bonds. The number of rotatable bonds is 6. The molecule has 7 nitrogen and oxygen atoms in total. The van der Waals surface area contributed by atoms with Gasteiger partial charge in [-0.3, -0.25) is 4.57 Å². The lowest BCUT2D eigenvalue weighted by Crippen LogP contribution is -2.42. The van der Waals surface area contributed by atoms with E-state index in [1.165, 1.54) is 23.7 Å². The molecule has 0 saturated carbocycles. The van der Waals surface area contributed by atoms with Gasteiger partial charge in [0.25, 0.3) is 0 Å². The number of allylic oxidation sites excluding steroid dienone is 2. The number of aromatic nitrogens is 4. The molecule has 39 heavy (non-hydrogen) atoms. The van der Waals surface area contributed by atoms with Crippen LogP contribution in [0.4, 0.5) is 10.1 Å². The molecule has 1 unspecified atom stereocenters. The molecule has 0 N–H and O–H groups in total. The van der Waals surface area contributed by atoms with Crippen LogP contribution in [-0.2, 0) is 0 Å². The summed E-state index contributed by atoms with van der Waals surface area (Å²) in [5.74, 6) is 1.30. The van der Waals surface area contributed by atoms with Gasteiger partial charge in [-0.15, -0.1) is 10.2 Å². The average Bonchev–Trinajstić information content (AvgIpc) is 3.65. The van der Waals surface area contributed by atoms with Crippen molar-refractivity contribution in [3.8, 4) is 16.5 Å². The van der Waals surface area contributed by atoms with Gasteiger partial charge in [0.05, 0.1) is 40.1 Å². The van der Waals surface area contributed by atoms with Crippen molar-refractivity contribution < 1.29 is 4.39 Å². The lowest BCUT2D eigenvalue weighted by molar-refractivity contribution is 0.615. The lowest BCUT2D eigenvalue weighted by atomic mass is 10.0. The SMILES string of the molecule is CC=C1C(=NC(=C(C)CC)c2cnsc2-c2ccc(F)cc2)N(c2ccc(C#N)cc2)C(CC)c2nncn21. The van der Waals surface area contributed by atoms with E-state index in [-0.39, 0.29) is 11.9 Å². The van der Waals surface area contributed by atoms with Crippen LogP contribution in [0.3, 0.4) is 0 Å². The molecule has 0 spiro atoms. The summed E-state index contributed by atoms with van der Waals surface area (Å²) in [6.07, 6.45) is 7.14. The Morgan fingerprint density at radius 3 is 2.54 bits per heavy atom. The molecule has 1 atom stereocenters. The van der Waals surface area contributed by atoms with E-state index >= 15 is 0 Å². The lowest BCUT2D eigenvalue weighted by Gasteiger charge is -2.39. The van der Waals surface area contributed by atoms with E-state index in [9.17, 15) is 9.65 Å². The number of hydrogen-bond acceptors (Lipinski definition) is 6. The fourth-order valence-electron chi connectivity index (χ4n) is 4.77. The molecular weight excluding hydrogens is 509 g/mol. The number of benzene rings is 2. The van der Waals surface area contributed by atoms with Crippen LogP contribution >= 0.6 is 11.5 Å². The van der Waals surface area contributed by atoms with Gasteiger partial charge >= 0.3 is 0 Å². The number of hydrogen-bond donors (Lipinski definition) is 0. The van der Waals surface area contributed by atoms with Gasteiger partial charge in [0.1, 0.15) is 12.1 Å². The minimum atomic E-state index is -0.279. The third kappa shape index (κ3) is 4.79. The summed E-state index contributed by atoms with van der Waals surface area (Å²) in [6.45, 7) is 8.28. The molecule has 3 heterocycles. The molecule has 2 aromatic carbocycles. The van der Waals surface area contributed by atoms with Crippen LogP contribution in [0.5, 0.6) is 0 Å². The zero-order valence-electron chi connectivity index (χ0n) is 22.3. The van der Waals surface area contributed by atoms with E-state index in [0.717, 1.165) is 63.2 Å². The fraction of sp³-hybridized carbons (Fsp3) is 0.233. The number of nitriles is 1. The molecule has 1 aliphatic heterocycles. The van der Waals surface area contributed by atoms with Gasteiger partial charge in [0.15, 0.2) is 11.7 Å². The molecule has 9 heteroatoms. The molecule has 0 radical (unpaired) electrons. The van der Waals surface area contributed by atoms with Crippen LogP contribution in [0.2, 0.25) is 0 Å². The molecule has 0 saturated heterocycles. The summed E-state index contributed by atoms with van der Waals surface area (Å²) in [5, 5.41) is 18.1. The summed E-state index contributed by atoms with van der Waals surface area (Å²) < 4.78 is 20.2. The Morgan fingerprint density at radius 2 is 1.90 bits per heavy atom. The summed E-state index contributed by atoms with van der Waals surface area (Å²) >= 11 is 1.37. The maximum Gasteiger partial charge on any atom is 0.160 e. The second-order valence-electron chi connectivity index (χ2n) is 9.18. The summed E-state index contributed by atoms with van der Waals surface area (Å²) in [4.78, 5) is 8.50. The molecule has 2 aromatic heterocycles. The highest BCUT2D eigenvalue weighted by atomic mass is 32.1. The van der Waals surface area contributed by atoms with Gasteiger partial charge in [0.2, 0.25) is 0 Å². The standard InChI is InChI=1S/C30H28FN7S/c1-5-19(4)27(24-17-34-39-28(24)21-10-12-22(31)13-11-21)35-29-25(6-2)37-18-33-36-30(37)26(7-3)38(29)23-14-8-20(16-32)9-15-23/h6,8-15,17-18,26H,5,7H2,1-4H3. The van der Waals surface area contributed by atoms with Crippen LogP contribution in [-0.4, -0.2) is 25.0 Å². The summed E-state index contributed by atoms with van der Waals surface area (Å²) in [6, 6.07) is 16.1. The van der Waals surface area contributed by atoms with Gasteiger partial charge in [0, 0.05) is 11.3 Å². The molecule has 0 fully saturated rings. The van der Waals surface area contributed by atoms with Crippen LogP contribution in [0, 0.1) is 17.1 Å². The average molecular weight is 538 g/mol. The van der Waals surface area contributed by atoms with Crippen molar-refractivity contribution in [2.45, 2.75) is 46.6 Å². The van der Waals surface area contributed by atoms with E-state index in [0.29, 0.717) is 5.56 Å². The van der Waals surface area contributed by atoms with Gasteiger partial charge in [-0.1, -0.05) is 32.1 Å². The van der Waals surface area contributed by atoms with E-state index < -0.39 is 0 Å². The first-order chi connectivity index (χ1) is 19.0. The van der Waals surface area contributed by atoms with Gasteiger partial charge in [-0.2, -0.15) is 9.64 Å². The quantitative estimate of drug-likeness (QED) is 0.255. The Kier molecular flexibility index (Phi) is 7.48. The topological polar surface area (TPSA) is 83.0 Å². The Balaban J connectivity index is 1.75. The van der Waals surface area contributed by atoms with E-state index in [1.807, 2.05) is 48.0 Å². The van der Waals surface area contributed by atoms with Gasteiger partial charge < -0.3 is 4.90 Å². The minimum Gasteiger partial charge on any atom is -0.314 e. The zero-order chi connectivity index (χ0) is 27.5. The van der Waals surface area contributed by atoms with Crippen LogP contribution < -0.4 is 4.90 Å². The van der Waals surface area contributed by atoms with Crippen molar-refractivity contribution in [3.05, 3.63) is 95.5 Å². The van der Waals surface area contributed by atoms with Crippen LogP contribution in [0.1, 0.15) is 63.5 Å². The van der Waals surface area contributed by atoms with E-state index in [4.69, 9.17) is 4.99 Å². The molecule has 196 valence electrons. The molecule has 5 rings (SSSR count). The Morgan fingerprint density at radius 1 is 1.15 bits per heavy atom. The highest BCUT2D eigenvalue weighted by Gasteiger charge is 2.36. The number of nitrogens with zero attached hydrogens (tertiary/aromatic N) is 7. The first kappa shape index (κ1) is 26.2. The van der Waals surface area contributed by atoms with E-state index in [1.54, 1.807) is 18.5 Å². The molecule has 0 bridgehead atoms. The number of anilines is 1. The van der Waals surface area contributed by atoms with Crippen molar-refractivity contribution in [2.75, 3.05) is 4.90 Å². The Bertz CT molecular complexity index is 1620. The minimum absolute atomic E-state index is 0.122. The number of amidine groups is 1. The second-order valence-corrected chi connectivity index (χ2v) is 9.98. The molecular formula is C30H28FN7S. The first-order valence-corrected chi connectivity index (χ1v) is 13.6. The smallest absolute Gasteiger partial charge is 0.160 e. The normalized spacial score (nSPS) is 17.7. The van der Waals surface area contributed by atoms with Gasteiger partial charge in [-0.25, -0.2) is 9.38 Å². The predicted octanol–water partition coefficient (Wildman–Crippen LogP) is 7.48. The maximum absolute atomic E-state index is 13.7. The van der Waals surface area contributed by atoms with Crippen molar-refractivity contribution in [1.29, 1.82) is 5.26 Å². The zero-order valence-corrected chi connectivity index (χ0v) is 23.1. The number of halogens is 1. The van der Waals surface area contributed by atoms with Crippen LogP contribution in [0.25, 0.3) is 21.8 Å². The predicted molar refractivity (Wildman–Crippen MR) is 154 cm³/mol.